The Hall–Kier alpha value is -4.07. The average molecular weight is 444 g/mol. The lowest BCUT2D eigenvalue weighted by atomic mass is 10.1. The summed E-state index contributed by atoms with van der Waals surface area (Å²) in [4.78, 5) is 4.46. The molecular formula is C25H24N4O4. The molecule has 168 valence electrons. The van der Waals surface area contributed by atoms with E-state index in [2.05, 4.69) is 27.4 Å². The van der Waals surface area contributed by atoms with Crippen molar-refractivity contribution in [3.63, 3.8) is 0 Å². The highest BCUT2D eigenvalue weighted by Crippen LogP contribution is 2.33. The van der Waals surface area contributed by atoms with Crippen molar-refractivity contribution in [2.75, 3.05) is 6.79 Å². The number of aromatic nitrogens is 4. The smallest absolute Gasteiger partial charge is 0.231 e. The second-order valence-electron chi connectivity index (χ2n) is 7.68. The van der Waals surface area contributed by atoms with Crippen molar-refractivity contribution in [3.05, 3.63) is 83.8 Å². The number of nitrogens with zero attached hydrogens (tertiary/aromatic N) is 4. The second kappa shape index (κ2) is 10.0. The minimum Gasteiger partial charge on any atom is -0.487 e. The first-order chi connectivity index (χ1) is 16.3. The molecule has 0 atom stereocenters. The number of rotatable bonds is 10. The molecule has 3 heterocycles. The molecule has 2 aromatic heterocycles. The van der Waals surface area contributed by atoms with Crippen LogP contribution in [0.5, 0.6) is 17.2 Å². The van der Waals surface area contributed by atoms with E-state index in [1.54, 1.807) is 12.5 Å². The summed E-state index contributed by atoms with van der Waals surface area (Å²) in [5.41, 5.74) is 3.00. The first-order valence-corrected chi connectivity index (χ1v) is 10.9. The number of unbranched alkanes of at least 4 members (excludes halogenated alkanes) is 1. The van der Waals surface area contributed by atoms with E-state index in [1.807, 2.05) is 53.4 Å². The lowest BCUT2D eigenvalue weighted by Crippen LogP contribution is -1.99. The molecule has 8 nitrogen and oxygen atoms in total. The summed E-state index contributed by atoms with van der Waals surface area (Å²) >= 11 is 0. The molecule has 0 saturated heterocycles. The summed E-state index contributed by atoms with van der Waals surface area (Å²) in [6.45, 7) is 1.50. The first kappa shape index (κ1) is 20.8. The number of hydrogen-bond acceptors (Lipinski definition) is 7. The highest BCUT2D eigenvalue weighted by molar-refractivity contribution is 5.68. The molecule has 0 N–H and O–H groups in total. The predicted molar refractivity (Wildman–Crippen MR) is 122 cm³/mol. The van der Waals surface area contributed by atoms with Crippen molar-refractivity contribution in [2.24, 2.45) is 0 Å². The lowest BCUT2D eigenvalue weighted by Gasteiger charge is -2.06. The maximum absolute atomic E-state index is 5.85. The van der Waals surface area contributed by atoms with Crippen LogP contribution in [0.25, 0.3) is 12.2 Å². The van der Waals surface area contributed by atoms with Gasteiger partial charge in [0.2, 0.25) is 12.7 Å². The number of aryl methyl sites for hydroxylation is 2. The van der Waals surface area contributed by atoms with Crippen molar-refractivity contribution in [1.82, 2.24) is 20.0 Å². The Morgan fingerprint density at radius 3 is 2.79 bits per heavy atom. The molecule has 0 spiro atoms. The van der Waals surface area contributed by atoms with Crippen LogP contribution in [0.3, 0.4) is 0 Å². The summed E-state index contributed by atoms with van der Waals surface area (Å²) in [6.07, 6.45) is 12.1. The number of hydrogen-bond donors (Lipinski definition) is 0. The van der Waals surface area contributed by atoms with Crippen LogP contribution < -0.4 is 14.2 Å². The Kier molecular flexibility index (Phi) is 6.33. The minimum absolute atomic E-state index is 0.263. The Bertz CT molecular complexity index is 1200. The molecule has 5 rings (SSSR count). The Morgan fingerprint density at radius 1 is 1.00 bits per heavy atom. The quantitative estimate of drug-likeness (QED) is 0.326. The van der Waals surface area contributed by atoms with Crippen LogP contribution in [-0.2, 0) is 19.6 Å². The minimum atomic E-state index is 0.263. The standard InChI is InChI=1S/C25H24N4O4/c1(2-13-29-14-12-26-28-29)3-19-4-8-22(9-5-19)30-16-21-17-31-25(27-21)11-7-20-6-10-23-24(15-20)33-18-32-23/h4-12,14-15,17H,1-3,13,16,18H2. The zero-order chi connectivity index (χ0) is 22.3. The monoisotopic (exact) mass is 444 g/mol. The van der Waals surface area contributed by atoms with Gasteiger partial charge in [0.25, 0.3) is 0 Å². The number of ether oxygens (including phenoxy) is 3. The van der Waals surface area contributed by atoms with Crippen LogP contribution >= 0.6 is 0 Å². The molecule has 0 saturated carbocycles. The Balaban J connectivity index is 1.07. The van der Waals surface area contributed by atoms with E-state index in [0.29, 0.717) is 12.5 Å². The normalized spacial score (nSPS) is 12.5. The molecule has 0 radical (unpaired) electrons. The fourth-order valence-corrected chi connectivity index (χ4v) is 3.51. The Labute approximate surface area is 191 Å². The first-order valence-electron chi connectivity index (χ1n) is 10.9. The van der Waals surface area contributed by atoms with Crippen LogP contribution in [0.15, 0.2) is 65.5 Å². The van der Waals surface area contributed by atoms with Crippen LogP contribution in [0.2, 0.25) is 0 Å². The van der Waals surface area contributed by atoms with E-state index < -0.39 is 0 Å². The zero-order valence-corrected chi connectivity index (χ0v) is 18.1. The molecule has 2 aromatic carbocycles. The van der Waals surface area contributed by atoms with Gasteiger partial charge in [-0.3, -0.25) is 4.68 Å². The number of fused-ring (bicyclic) bond motifs is 1. The van der Waals surface area contributed by atoms with Crippen LogP contribution in [0.1, 0.15) is 35.6 Å². The summed E-state index contributed by atoms with van der Waals surface area (Å²) < 4.78 is 24.0. The van der Waals surface area contributed by atoms with E-state index in [1.165, 1.54) is 5.56 Å². The predicted octanol–water partition coefficient (Wildman–Crippen LogP) is 4.77. The van der Waals surface area contributed by atoms with Crippen molar-refractivity contribution in [3.8, 4) is 17.2 Å². The van der Waals surface area contributed by atoms with Gasteiger partial charge in [0, 0.05) is 18.8 Å². The molecule has 0 fully saturated rings. The fourth-order valence-electron chi connectivity index (χ4n) is 3.51. The van der Waals surface area contributed by atoms with Gasteiger partial charge in [0.05, 0.1) is 6.20 Å². The van der Waals surface area contributed by atoms with E-state index in [4.69, 9.17) is 18.6 Å². The molecule has 8 heteroatoms. The van der Waals surface area contributed by atoms with Gasteiger partial charge in [0.1, 0.15) is 24.3 Å². The lowest BCUT2D eigenvalue weighted by molar-refractivity contribution is 0.174. The van der Waals surface area contributed by atoms with Crippen molar-refractivity contribution < 1.29 is 18.6 Å². The molecule has 1 aliphatic heterocycles. The molecular weight excluding hydrogens is 420 g/mol. The van der Waals surface area contributed by atoms with Crippen LogP contribution in [0.4, 0.5) is 0 Å². The average Bonchev–Trinajstić information content (AvgIpc) is 3.62. The molecule has 0 bridgehead atoms. The highest BCUT2D eigenvalue weighted by atomic mass is 16.7. The second-order valence-corrected chi connectivity index (χ2v) is 7.68. The third-order valence-electron chi connectivity index (χ3n) is 5.27. The van der Waals surface area contributed by atoms with Gasteiger partial charge < -0.3 is 18.6 Å². The van der Waals surface area contributed by atoms with Gasteiger partial charge in [-0.05, 0) is 60.7 Å². The summed E-state index contributed by atoms with van der Waals surface area (Å²) in [5, 5.41) is 7.80. The van der Waals surface area contributed by atoms with E-state index in [0.717, 1.165) is 54.3 Å². The number of benzene rings is 2. The molecule has 0 amide bonds. The van der Waals surface area contributed by atoms with Crippen molar-refractivity contribution in [2.45, 2.75) is 32.4 Å². The maximum atomic E-state index is 5.85. The third kappa shape index (κ3) is 5.60. The van der Waals surface area contributed by atoms with E-state index in [9.17, 15) is 0 Å². The zero-order valence-electron chi connectivity index (χ0n) is 18.1. The topological polar surface area (TPSA) is 84.4 Å². The Morgan fingerprint density at radius 2 is 1.91 bits per heavy atom. The summed E-state index contributed by atoms with van der Waals surface area (Å²) in [6, 6.07) is 14.0. The van der Waals surface area contributed by atoms with Gasteiger partial charge in [-0.1, -0.05) is 23.4 Å². The van der Waals surface area contributed by atoms with Crippen LogP contribution in [0, 0.1) is 0 Å². The van der Waals surface area contributed by atoms with Gasteiger partial charge in [-0.15, -0.1) is 5.10 Å². The molecule has 0 aliphatic carbocycles. The SMILES string of the molecule is C(=Cc1nc(COc2ccc(CCCCn3ccnn3)cc2)co1)c1ccc2c(c1)OCO2. The molecule has 33 heavy (non-hydrogen) atoms. The van der Waals surface area contributed by atoms with Crippen LogP contribution in [-0.4, -0.2) is 26.8 Å². The largest absolute Gasteiger partial charge is 0.487 e. The fraction of sp³-hybridized carbons (Fsp3) is 0.240. The van der Waals surface area contributed by atoms with Crippen molar-refractivity contribution >= 4 is 12.2 Å². The maximum Gasteiger partial charge on any atom is 0.231 e. The molecule has 0 unspecified atom stereocenters. The summed E-state index contributed by atoms with van der Waals surface area (Å²) in [7, 11) is 0. The van der Waals surface area contributed by atoms with E-state index >= 15 is 0 Å². The van der Waals surface area contributed by atoms with E-state index in [-0.39, 0.29) is 6.79 Å². The van der Waals surface area contributed by atoms with Gasteiger partial charge in [-0.2, -0.15) is 0 Å². The highest BCUT2D eigenvalue weighted by Gasteiger charge is 2.12. The van der Waals surface area contributed by atoms with Gasteiger partial charge in [-0.25, -0.2) is 4.98 Å². The molecule has 1 aliphatic rings. The number of oxazole rings is 1. The van der Waals surface area contributed by atoms with Gasteiger partial charge >= 0.3 is 0 Å². The summed E-state index contributed by atoms with van der Waals surface area (Å²) in [5.74, 6) is 2.84. The third-order valence-corrected chi connectivity index (χ3v) is 5.27. The van der Waals surface area contributed by atoms with Crippen molar-refractivity contribution in [1.29, 1.82) is 0 Å². The van der Waals surface area contributed by atoms with Gasteiger partial charge in [0.15, 0.2) is 11.5 Å². The molecule has 4 aromatic rings.